The van der Waals surface area contributed by atoms with E-state index in [1.165, 1.54) is 27.6 Å². The Labute approximate surface area is 107 Å². The van der Waals surface area contributed by atoms with Crippen LogP contribution in [0.2, 0.25) is 0 Å². The highest BCUT2D eigenvalue weighted by atomic mass is 15.2. The molecule has 90 valence electrons. The predicted molar refractivity (Wildman–Crippen MR) is 75.6 cm³/mol. The van der Waals surface area contributed by atoms with Gasteiger partial charge in [-0.25, -0.2) is 0 Å². The lowest BCUT2D eigenvalue weighted by Gasteiger charge is -2.04. The average Bonchev–Trinajstić information content (AvgIpc) is 2.71. The zero-order valence-corrected chi connectivity index (χ0v) is 10.9. The molecule has 0 N–H and O–H groups in total. The Morgan fingerprint density at radius 1 is 0.944 bits per heavy atom. The maximum atomic E-state index is 4.48. The number of hydrogen-bond acceptors (Lipinski definition) is 1. The van der Waals surface area contributed by atoms with E-state index in [9.17, 15) is 0 Å². The predicted octanol–water partition coefficient (Wildman–Crippen LogP) is 3.86. The van der Waals surface area contributed by atoms with Crippen molar-refractivity contribution in [2.45, 2.75) is 13.8 Å². The van der Waals surface area contributed by atoms with Crippen LogP contribution in [0.3, 0.4) is 0 Å². The van der Waals surface area contributed by atoms with Gasteiger partial charge in [-0.2, -0.15) is 5.10 Å². The summed E-state index contributed by atoms with van der Waals surface area (Å²) < 4.78 is 1.87. The summed E-state index contributed by atoms with van der Waals surface area (Å²) in [6.07, 6.45) is 2.07. The van der Waals surface area contributed by atoms with Gasteiger partial charge in [0.05, 0.1) is 5.52 Å². The normalized spacial score (nSPS) is 11.1. The van der Waals surface area contributed by atoms with Crippen LogP contribution in [-0.4, -0.2) is 9.78 Å². The fourth-order valence-corrected chi connectivity index (χ4v) is 2.34. The van der Waals surface area contributed by atoms with Crippen molar-refractivity contribution in [3.05, 3.63) is 53.7 Å². The molecular weight excluding hydrogens is 220 g/mol. The van der Waals surface area contributed by atoms with Crippen molar-refractivity contribution in [3.63, 3.8) is 0 Å². The van der Waals surface area contributed by atoms with E-state index < -0.39 is 0 Å². The van der Waals surface area contributed by atoms with Gasteiger partial charge < -0.3 is 0 Å². The van der Waals surface area contributed by atoms with Crippen molar-refractivity contribution in [3.8, 4) is 11.1 Å². The second-order valence-electron chi connectivity index (χ2n) is 4.90. The van der Waals surface area contributed by atoms with Crippen LogP contribution in [0.1, 0.15) is 11.1 Å². The minimum absolute atomic E-state index is 1.09. The molecule has 0 amide bonds. The minimum atomic E-state index is 1.09. The molecule has 0 fully saturated rings. The van der Waals surface area contributed by atoms with Crippen LogP contribution in [0.15, 0.2) is 42.6 Å². The lowest BCUT2D eigenvalue weighted by atomic mass is 10.0. The number of rotatable bonds is 1. The summed E-state index contributed by atoms with van der Waals surface area (Å²) >= 11 is 0. The van der Waals surface area contributed by atoms with Crippen molar-refractivity contribution in [2.75, 3.05) is 0 Å². The summed E-state index contributed by atoms with van der Waals surface area (Å²) in [6.45, 7) is 4.23. The molecule has 1 aromatic heterocycles. The Kier molecular flexibility index (Phi) is 2.44. The maximum absolute atomic E-state index is 4.48. The Hall–Kier alpha value is -2.09. The van der Waals surface area contributed by atoms with Crippen molar-refractivity contribution in [2.24, 2.45) is 7.05 Å². The fraction of sp³-hybridized carbons (Fsp3) is 0.188. The number of aryl methyl sites for hydroxylation is 3. The van der Waals surface area contributed by atoms with Crippen LogP contribution in [0.5, 0.6) is 0 Å². The highest BCUT2D eigenvalue weighted by Gasteiger charge is 2.06. The summed E-state index contributed by atoms with van der Waals surface area (Å²) in [6, 6.07) is 13.1. The van der Waals surface area contributed by atoms with E-state index in [0.717, 1.165) is 5.52 Å². The molecule has 18 heavy (non-hydrogen) atoms. The Morgan fingerprint density at radius 3 is 2.39 bits per heavy atom. The molecule has 2 heteroatoms. The molecular formula is C16H16N2. The van der Waals surface area contributed by atoms with Crippen LogP contribution in [-0.2, 0) is 7.05 Å². The number of aromatic nitrogens is 2. The smallest absolute Gasteiger partial charge is 0.0952 e. The van der Waals surface area contributed by atoms with Crippen LogP contribution >= 0.6 is 0 Å². The molecule has 0 atom stereocenters. The van der Waals surface area contributed by atoms with Crippen LogP contribution in [0.4, 0.5) is 0 Å². The Morgan fingerprint density at radius 2 is 1.67 bits per heavy atom. The fourth-order valence-electron chi connectivity index (χ4n) is 2.34. The van der Waals surface area contributed by atoms with Gasteiger partial charge >= 0.3 is 0 Å². The topological polar surface area (TPSA) is 17.8 Å². The lowest BCUT2D eigenvalue weighted by Crippen LogP contribution is -1.86. The largest absolute Gasteiger partial charge is 0.275 e. The zero-order valence-electron chi connectivity index (χ0n) is 10.9. The van der Waals surface area contributed by atoms with Crippen molar-refractivity contribution in [1.82, 2.24) is 9.78 Å². The van der Waals surface area contributed by atoms with Gasteiger partial charge in [0, 0.05) is 18.6 Å². The van der Waals surface area contributed by atoms with Gasteiger partial charge in [-0.3, -0.25) is 4.68 Å². The monoisotopic (exact) mass is 236 g/mol. The molecule has 2 nitrogen and oxygen atoms in total. The molecule has 0 unspecified atom stereocenters. The number of hydrogen-bond donors (Lipinski definition) is 0. The van der Waals surface area contributed by atoms with Gasteiger partial charge in [0.25, 0.3) is 0 Å². The van der Waals surface area contributed by atoms with Gasteiger partial charge in [-0.05, 0) is 42.7 Å². The molecule has 0 aliphatic rings. The zero-order chi connectivity index (χ0) is 12.7. The van der Waals surface area contributed by atoms with E-state index >= 15 is 0 Å². The quantitative estimate of drug-likeness (QED) is 0.627. The summed E-state index contributed by atoms with van der Waals surface area (Å²) in [5.74, 6) is 0. The third-order valence-corrected chi connectivity index (χ3v) is 3.30. The standard InChI is InChI=1S/C16H16N2/c1-11-4-6-13(7-5-11)14-8-12(2)16-15(9-14)10-18(3)17-16/h4-10H,1-3H3. The second kappa shape index (κ2) is 3.98. The lowest BCUT2D eigenvalue weighted by molar-refractivity contribution is 0.779. The molecule has 0 spiro atoms. The number of benzene rings is 2. The molecule has 0 saturated heterocycles. The van der Waals surface area contributed by atoms with Crippen LogP contribution in [0.25, 0.3) is 22.0 Å². The van der Waals surface area contributed by atoms with Crippen molar-refractivity contribution < 1.29 is 0 Å². The van der Waals surface area contributed by atoms with Gasteiger partial charge in [0.1, 0.15) is 0 Å². The van der Waals surface area contributed by atoms with E-state index in [1.807, 2.05) is 11.7 Å². The van der Waals surface area contributed by atoms with Gasteiger partial charge in [-0.15, -0.1) is 0 Å². The van der Waals surface area contributed by atoms with E-state index in [-0.39, 0.29) is 0 Å². The van der Waals surface area contributed by atoms with E-state index in [0.29, 0.717) is 0 Å². The molecule has 0 aliphatic carbocycles. The molecule has 1 heterocycles. The van der Waals surface area contributed by atoms with Crippen molar-refractivity contribution >= 4 is 10.9 Å². The molecule has 0 bridgehead atoms. The van der Waals surface area contributed by atoms with Crippen molar-refractivity contribution in [1.29, 1.82) is 0 Å². The highest BCUT2D eigenvalue weighted by Crippen LogP contribution is 2.26. The number of nitrogens with zero attached hydrogens (tertiary/aromatic N) is 2. The highest BCUT2D eigenvalue weighted by molar-refractivity contribution is 5.87. The van der Waals surface area contributed by atoms with E-state index in [1.54, 1.807) is 0 Å². The average molecular weight is 236 g/mol. The summed E-state index contributed by atoms with van der Waals surface area (Å²) in [5.41, 5.74) is 6.12. The first-order valence-electron chi connectivity index (χ1n) is 6.14. The molecule has 0 saturated carbocycles. The van der Waals surface area contributed by atoms with Crippen LogP contribution in [0, 0.1) is 13.8 Å². The summed E-state index contributed by atoms with van der Waals surface area (Å²) in [5, 5.41) is 5.68. The van der Waals surface area contributed by atoms with Gasteiger partial charge in [-0.1, -0.05) is 29.8 Å². The van der Waals surface area contributed by atoms with Crippen LogP contribution < -0.4 is 0 Å². The summed E-state index contributed by atoms with van der Waals surface area (Å²) in [7, 11) is 1.96. The van der Waals surface area contributed by atoms with Gasteiger partial charge in [0.15, 0.2) is 0 Å². The molecule has 0 radical (unpaired) electrons. The molecule has 3 rings (SSSR count). The molecule has 0 aliphatic heterocycles. The molecule has 3 aromatic rings. The van der Waals surface area contributed by atoms with Gasteiger partial charge in [0.2, 0.25) is 0 Å². The first-order valence-corrected chi connectivity index (χ1v) is 6.14. The second-order valence-corrected chi connectivity index (χ2v) is 4.90. The van der Waals surface area contributed by atoms with E-state index in [2.05, 4.69) is 61.5 Å². The molecule has 2 aromatic carbocycles. The minimum Gasteiger partial charge on any atom is -0.275 e. The summed E-state index contributed by atoms with van der Waals surface area (Å²) in [4.78, 5) is 0. The first kappa shape index (κ1) is 11.0. The third-order valence-electron chi connectivity index (χ3n) is 3.30. The Bertz CT molecular complexity index is 706. The third kappa shape index (κ3) is 1.80. The Balaban J connectivity index is 2.20. The maximum Gasteiger partial charge on any atom is 0.0952 e. The van der Waals surface area contributed by atoms with E-state index in [4.69, 9.17) is 0 Å². The first-order chi connectivity index (χ1) is 8.63. The number of fused-ring (bicyclic) bond motifs is 1. The SMILES string of the molecule is Cc1ccc(-c2cc(C)c3nn(C)cc3c2)cc1.